The van der Waals surface area contributed by atoms with Gasteiger partial charge in [-0.3, -0.25) is 4.79 Å². The molecule has 0 saturated heterocycles. The van der Waals surface area contributed by atoms with Gasteiger partial charge in [0.2, 0.25) is 0 Å². The van der Waals surface area contributed by atoms with Crippen molar-refractivity contribution in [1.29, 1.82) is 0 Å². The Hall–Kier alpha value is -3.54. The van der Waals surface area contributed by atoms with E-state index in [-0.39, 0.29) is 18.5 Å². The van der Waals surface area contributed by atoms with Gasteiger partial charge in [-0.25, -0.2) is 4.79 Å². The van der Waals surface area contributed by atoms with Gasteiger partial charge in [0.1, 0.15) is 12.4 Å². The van der Waals surface area contributed by atoms with Gasteiger partial charge in [-0.15, -0.1) is 6.58 Å². The van der Waals surface area contributed by atoms with Crippen molar-refractivity contribution >= 4 is 29.4 Å². The highest BCUT2D eigenvalue weighted by atomic mass is 16.5. The molecule has 0 aliphatic heterocycles. The van der Waals surface area contributed by atoms with E-state index in [1.54, 1.807) is 48.5 Å². The molecule has 0 heterocycles. The summed E-state index contributed by atoms with van der Waals surface area (Å²) in [5, 5.41) is 0. The monoisotopic (exact) mass is 448 g/mol. The Morgan fingerprint density at radius 1 is 1.00 bits per heavy atom. The quantitative estimate of drug-likeness (QED) is 0.178. The first-order chi connectivity index (χ1) is 15.9. The number of ether oxygens (including phenoxy) is 2. The summed E-state index contributed by atoms with van der Waals surface area (Å²) in [6, 6.07) is 12.1. The first kappa shape index (κ1) is 24.1. The lowest BCUT2D eigenvalue weighted by atomic mass is 9.80. The molecular weight excluding hydrogens is 416 g/mol. The topological polar surface area (TPSA) is 105 Å². The number of hydrogen-bond acceptors (Lipinski definition) is 6. The highest BCUT2D eigenvalue weighted by Crippen LogP contribution is 2.32. The minimum atomic E-state index is -0.477. The molecule has 6 heteroatoms. The van der Waals surface area contributed by atoms with Gasteiger partial charge >= 0.3 is 11.9 Å². The van der Waals surface area contributed by atoms with Gasteiger partial charge < -0.3 is 20.9 Å². The second kappa shape index (κ2) is 11.9. The van der Waals surface area contributed by atoms with Gasteiger partial charge in [-0.1, -0.05) is 18.2 Å². The third-order valence-electron chi connectivity index (χ3n) is 5.89. The van der Waals surface area contributed by atoms with E-state index in [0.29, 0.717) is 23.0 Å². The Morgan fingerprint density at radius 3 is 2.30 bits per heavy atom. The van der Waals surface area contributed by atoms with Gasteiger partial charge in [0.05, 0.1) is 5.92 Å². The Labute approximate surface area is 195 Å². The normalized spacial score (nSPS) is 18.1. The zero-order valence-electron chi connectivity index (χ0n) is 18.9. The maximum Gasteiger partial charge on any atom is 0.331 e. The molecule has 6 nitrogen and oxygen atoms in total. The van der Waals surface area contributed by atoms with Crippen LogP contribution in [0.15, 0.2) is 61.2 Å². The summed E-state index contributed by atoms with van der Waals surface area (Å²) in [5.74, 6) is 0.526. The minimum Gasteiger partial charge on any atom is -0.458 e. The van der Waals surface area contributed by atoms with E-state index in [9.17, 15) is 9.59 Å². The van der Waals surface area contributed by atoms with E-state index < -0.39 is 5.97 Å². The van der Waals surface area contributed by atoms with Gasteiger partial charge in [-0.2, -0.15) is 0 Å². The fourth-order valence-corrected chi connectivity index (χ4v) is 4.08. The maximum absolute atomic E-state index is 12.5. The van der Waals surface area contributed by atoms with Crippen LogP contribution in [0.2, 0.25) is 0 Å². The van der Waals surface area contributed by atoms with Crippen LogP contribution < -0.4 is 16.2 Å². The first-order valence-electron chi connectivity index (χ1n) is 11.4. The third kappa shape index (κ3) is 7.83. The highest BCUT2D eigenvalue weighted by Gasteiger charge is 2.27. The van der Waals surface area contributed by atoms with E-state index in [2.05, 4.69) is 6.58 Å². The van der Waals surface area contributed by atoms with Crippen LogP contribution in [0.3, 0.4) is 0 Å². The second-order valence-electron chi connectivity index (χ2n) is 8.52. The summed E-state index contributed by atoms with van der Waals surface area (Å²) in [6.07, 6.45) is 11.0. The Kier molecular flexibility index (Phi) is 8.70. The van der Waals surface area contributed by atoms with E-state index >= 15 is 0 Å². The number of rotatable bonds is 9. The van der Waals surface area contributed by atoms with Crippen molar-refractivity contribution in [3.63, 3.8) is 0 Å². The van der Waals surface area contributed by atoms with E-state index in [1.807, 2.05) is 6.08 Å². The molecule has 1 aliphatic rings. The summed E-state index contributed by atoms with van der Waals surface area (Å²) in [4.78, 5) is 24.5. The number of hydrogen-bond donors (Lipinski definition) is 2. The van der Waals surface area contributed by atoms with Crippen LogP contribution in [-0.4, -0.2) is 11.9 Å². The molecule has 2 aromatic carbocycles. The summed E-state index contributed by atoms with van der Waals surface area (Å²) in [5.41, 5.74) is 14.0. The van der Waals surface area contributed by atoms with Crippen LogP contribution in [0.1, 0.15) is 49.7 Å². The molecule has 0 unspecified atom stereocenters. The Morgan fingerprint density at radius 2 is 1.67 bits per heavy atom. The minimum absolute atomic E-state index is 0.0327. The largest absolute Gasteiger partial charge is 0.458 e. The van der Waals surface area contributed by atoms with Crippen LogP contribution in [0.4, 0.5) is 11.4 Å². The molecule has 0 aromatic heterocycles. The zero-order chi connectivity index (χ0) is 23.6. The molecule has 33 heavy (non-hydrogen) atoms. The van der Waals surface area contributed by atoms with Crippen molar-refractivity contribution in [2.24, 2.45) is 11.8 Å². The van der Waals surface area contributed by atoms with Crippen LogP contribution in [0, 0.1) is 11.8 Å². The van der Waals surface area contributed by atoms with Crippen LogP contribution in [0.25, 0.3) is 6.08 Å². The van der Waals surface area contributed by atoms with Crippen molar-refractivity contribution in [1.82, 2.24) is 0 Å². The van der Waals surface area contributed by atoms with Crippen LogP contribution in [0.5, 0.6) is 5.75 Å². The predicted molar refractivity (Wildman–Crippen MR) is 131 cm³/mol. The Bertz CT molecular complexity index is 969. The Balaban J connectivity index is 1.43. The lowest BCUT2D eigenvalue weighted by molar-refractivity contribution is -0.140. The van der Waals surface area contributed by atoms with Crippen molar-refractivity contribution in [2.45, 2.75) is 45.1 Å². The first-order valence-corrected chi connectivity index (χ1v) is 11.4. The number of esters is 2. The van der Waals surface area contributed by atoms with Crippen LogP contribution in [-0.2, 0) is 20.9 Å². The zero-order valence-corrected chi connectivity index (χ0v) is 18.9. The molecule has 0 bridgehead atoms. The number of carbonyl (C=O) groups is 2. The van der Waals surface area contributed by atoms with Crippen molar-refractivity contribution < 1.29 is 19.1 Å². The number of nitrogen functional groups attached to an aromatic ring is 2. The van der Waals surface area contributed by atoms with Crippen molar-refractivity contribution in [2.75, 3.05) is 11.5 Å². The lowest BCUT2D eigenvalue weighted by Crippen LogP contribution is -2.25. The van der Waals surface area contributed by atoms with E-state index in [4.69, 9.17) is 20.9 Å². The highest BCUT2D eigenvalue weighted by molar-refractivity contribution is 5.87. The standard InChI is InChI=1S/C27H32N2O4/c1-2-3-4-19-5-10-22(11-6-19)27(31)33-25-12-7-20(8-13-25)9-14-26(30)32-18-21-15-23(28)17-24(29)16-21/h2,7-9,12-17,19,22H,1,3-6,10-11,18,28-29H2/b14-9+. The van der Waals surface area contributed by atoms with Crippen molar-refractivity contribution in [3.05, 3.63) is 72.3 Å². The fourth-order valence-electron chi connectivity index (χ4n) is 4.08. The molecule has 4 N–H and O–H groups in total. The summed E-state index contributed by atoms with van der Waals surface area (Å²) in [6.45, 7) is 3.86. The SMILES string of the molecule is C=CCCC1CCC(C(=O)Oc2ccc(/C=C/C(=O)OCc3cc(N)cc(N)c3)cc2)CC1. The van der Waals surface area contributed by atoms with Gasteiger partial charge in [0, 0.05) is 17.5 Å². The number of allylic oxidation sites excluding steroid dienone is 1. The average Bonchev–Trinajstić information content (AvgIpc) is 2.80. The van der Waals surface area contributed by atoms with Crippen LogP contribution >= 0.6 is 0 Å². The number of anilines is 2. The number of carbonyl (C=O) groups excluding carboxylic acids is 2. The molecule has 1 saturated carbocycles. The second-order valence-corrected chi connectivity index (χ2v) is 8.52. The average molecular weight is 449 g/mol. The van der Waals surface area contributed by atoms with Gasteiger partial charge in [0.15, 0.2) is 0 Å². The summed E-state index contributed by atoms with van der Waals surface area (Å²) < 4.78 is 10.8. The third-order valence-corrected chi connectivity index (χ3v) is 5.89. The van der Waals surface area contributed by atoms with Gasteiger partial charge in [0.25, 0.3) is 0 Å². The molecule has 0 radical (unpaired) electrons. The molecule has 174 valence electrons. The van der Waals surface area contributed by atoms with E-state index in [0.717, 1.165) is 49.7 Å². The molecule has 0 atom stereocenters. The number of benzene rings is 2. The lowest BCUT2D eigenvalue weighted by Gasteiger charge is -2.26. The van der Waals surface area contributed by atoms with Crippen molar-refractivity contribution in [3.8, 4) is 5.75 Å². The maximum atomic E-state index is 12.5. The molecule has 0 amide bonds. The number of nitrogens with two attached hydrogens (primary N) is 2. The molecule has 1 fully saturated rings. The van der Waals surface area contributed by atoms with E-state index in [1.165, 1.54) is 6.08 Å². The molecule has 1 aliphatic carbocycles. The van der Waals surface area contributed by atoms with Gasteiger partial charge in [-0.05, 0) is 92.0 Å². The predicted octanol–water partition coefficient (Wildman–Crippen LogP) is 5.29. The fraction of sp³-hybridized carbons (Fsp3) is 0.333. The molecule has 0 spiro atoms. The molecule has 2 aromatic rings. The smallest absolute Gasteiger partial charge is 0.331 e. The molecular formula is C27H32N2O4. The summed E-state index contributed by atoms with van der Waals surface area (Å²) >= 11 is 0. The summed E-state index contributed by atoms with van der Waals surface area (Å²) in [7, 11) is 0. The molecule has 3 rings (SSSR count).